The molecule has 0 spiro atoms. The van der Waals surface area contributed by atoms with Crippen molar-refractivity contribution in [1.82, 2.24) is 4.90 Å². The number of thiocarbonyl (C=S) groups is 1. The van der Waals surface area contributed by atoms with Crippen molar-refractivity contribution >= 4 is 34.2 Å². The summed E-state index contributed by atoms with van der Waals surface area (Å²) < 4.78 is 0.764. The van der Waals surface area contributed by atoms with Gasteiger partial charge in [-0.15, -0.1) is 0 Å². The summed E-state index contributed by atoms with van der Waals surface area (Å²) in [5, 5.41) is 0. The topological polar surface area (TPSA) is 20.3 Å². The Kier molecular flexibility index (Phi) is 4.01. The molecule has 1 saturated heterocycles. The molecule has 4 heteroatoms. The Hall–Kier alpha value is -0.0900. The second-order valence-electron chi connectivity index (χ2n) is 2.76. The number of nitrogens with zero attached hydrogens (tertiary/aromatic N) is 1. The molecule has 0 aromatic carbocycles. The summed E-state index contributed by atoms with van der Waals surface area (Å²) in [7, 11) is 0. The number of rotatable bonds is 2. The molecule has 1 rings (SSSR count). The largest absolute Gasteiger partial charge is 0.298 e. The van der Waals surface area contributed by atoms with Gasteiger partial charge in [0.05, 0.1) is 0 Å². The van der Waals surface area contributed by atoms with Gasteiger partial charge in [-0.2, -0.15) is 0 Å². The van der Waals surface area contributed by atoms with E-state index in [4.69, 9.17) is 12.2 Å². The van der Waals surface area contributed by atoms with Gasteiger partial charge in [-0.1, -0.05) is 30.9 Å². The normalized spacial score (nSPS) is 18.1. The van der Waals surface area contributed by atoms with Crippen LogP contribution in [0.5, 0.6) is 0 Å². The van der Waals surface area contributed by atoms with Gasteiger partial charge in [-0.05, 0) is 12.8 Å². The Bertz CT molecular complexity index is 193. The summed E-state index contributed by atoms with van der Waals surface area (Å²) in [6, 6.07) is 0. The molecular weight excluding hydrogens is 190 g/mol. The number of hydrogen-bond acceptors (Lipinski definition) is 3. The molecule has 0 radical (unpaired) electrons. The Balaban J connectivity index is 2.48. The third-order valence-electron chi connectivity index (χ3n) is 1.74. The van der Waals surface area contributed by atoms with Crippen molar-refractivity contribution in [2.75, 3.05) is 12.3 Å². The van der Waals surface area contributed by atoms with E-state index in [1.807, 2.05) is 6.92 Å². The molecule has 1 amide bonds. The summed E-state index contributed by atoms with van der Waals surface area (Å²) in [6.45, 7) is 2.84. The molecule has 0 atom stereocenters. The van der Waals surface area contributed by atoms with E-state index in [-0.39, 0.29) is 5.91 Å². The zero-order chi connectivity index (χ0) is 8.97. The van der Waals surface area contributed by atoms with Crippen LogP contribution in [0.3, 0.4) is 0 Å². The second-order valence-corrected chi connectivity index (χ2v) is 4.49. The van der Waals surface area contributed by atoms with Crippen molar-refractivity contribution in [3.8, 4) is 0 Å². The van der Waals surface area contributed by atoms with Crippen LogP contribution < -0.4 is 0 Å². The van der Waals surface area contributed by atoms with Gasteiger partial charge in [-0.25, -0.2) is 0 Å². The molecule has 1 fully saturated rings. The molecule has 1 heterocycles. The molecule has 0 bridgehead atoms. The first kappa shape index (κ1) is 9.99. The highest BCUT2D eigenvalue weighted by molar-refractivity contribution is 8.23. The van der Waals surface area contributed by atoms with E-state index >= 15 is 0 Å². The van der Waals surface area contributed by atoms with Gasteiger partial charge >= 0.3 is 0 Å². The Morgan fingerprint density at radius 1 is 1.75 bits per heavy atom. The molecule has 12 heavy (non-hydrogen) atoms. The van der Waals surface area contributed by atoms with E-state index < -0.39 is 0 Å². The first-order chi connectivity index (χ1) is 5.75. The Morgan fingerprint density at radius 3 is 3.08 bits per heavy atom. The van der Waals surface area contributed by atoms with Gasteiger partial charge in [0.15, 0.2) is 0 Å². The van der Waals surface area contributed by atoms with E-state index in [1.54, 1.807) is 16.7 Å². The Morgan fingerprint density at radius 2 is 2.50 bits per heavy atom. The molecule has 0 aromatic rings. The predicted molar refractivity (Wildman–Crippen MR) is 56.3 cm³/mol. The van der Waals surface area contributed by atoms with Crippen LogP contribution in [0.4, 0.5) is 0 Å². The summed E-state index contributed by atoms with van der Waals surface area (Å²) in [6.07, 6.45) is 2.60. The lowest BCUT2D eigenvalue weighted by atomic mass is 10.3. The minimum absolute atomic E-state index is 0.190. The maximum Gasteiger partial charge on any atom is 0.227 e. The van der Waals surface area contributed by atoms with Gasteiger partial charge in [0, 0.05) is 18.7 Å². The van der Waals surface area contributed by atoms with Crippen LogP contribution in [0.2, 0.25) is 0 Å². The third-order valence-corrected chi connectivity index (χ3v) is 3.27. The fourth-order valence-corrected chi connectivity index (χ4v) is 2.37. The van der Waals surface area contributed by atoms with E-state index in [0.717, 1.165) is 29.5 Å². The molecular formula is C8H13NOS2. The molecule has 0 N–H and O–H groups in total. The number of carbonyl (C=O) groups is 1. The third kappa shape index (κ3) is 2.45. The van der Waals surface area contributed by atoms with Gasteiger partial charge in [0.2, 0.25) is 5.91 Å². The van der Waals surface area contributed by atoms with Crippen LogP contribution >= 0.6 is 24.0 Å². The lowest BCUT2D eigenvalue weighted by Crippen LogP contribution is -2.37. The smallest absolute Gasteiger partial charge is 0.227 e. The van der Waals surface area contributed by atoms with Crippen molar-refractivity contribution in [2.24, 2.45) is 0 Å². The van der Waals surface area contributed by atoms with Crippen LogP contribution in [0.15, 0.2) is 0 Å². The monoisotopic (exact) mass is 203 g/mol. The number of amides is 1. The molecule has 2 nitrogen and oxygen atoms in total. The summed E-state index contributed by atoms with van der Waals surface area (Å²) in [5.74, 6) is 1.25. The van der Waals surface area contributed by atoms with Crippen molar-refractivity contribution < 1.29 is 4.79 Å². The average molecular weight is 203 g/mol. The van der Waals surface area contributed by atoms with Crippen molar-refractivity contribution in [1.29, 1.82) is 0 Å². The zero-order valence-electron chi connectivity index (χ0n) is 7.21. The van der Waals surface area contributed by atoms with Crippen molar-refractivity contribution in [3.05, 3.63) is 0 Å². The lowest BCUT2D eigenvalue weighted by molar-refractivity contribution is -0.127. The van der Waals surface area contributed by atoms with Gasteiger partial charge in [-0.3, -0.25) is 9.69 Å². The van der Waals surface area contributed by atoms with Crippen molar-refractivity contribution in [2.45, 2.75) is 26.2 Å². The minimum Gasteiger partial charge on any atom is -0.298 e. The van der Waals surface area contributed by atoms with Crippen LogP contribution in [0.25, 0.3) is 0 Å². The molecule has 1 aliphatic rings. The lowest BCUT2D eigenvalue weighted by Gasteiger charge is -2.26. The van der Waals surface area contributed by atoms with Gasteiger partial charge in [0.25, 0.3) is 0 Å². The molecule has 0 aromatic heterocycles. The summed E-state index contributed by atoms with van der Waals surface area (Å²) in [4.78, 5) is 13.2. The first-order valence-corrected chi connectivity index (χ1v) is 5.62. The second kappa shape index (κ2) is 4.82. The predicted octanol–water partition coefficient (Wildman–Crippen LogP) is 2.04. The molecule has 68 valence electrons. The molecule has 0 saturated carbocycles. The standard InChI is InChI=1S/C8H13NOS2/c1-2-4-7(10)9-5-3-6-12-8(9)11/h2-6H2,1H3. The fraction of sp³-hybridized carbons (Fsp3) is 0.750. The first-order valence-electron chi connectivity index (χ1n) is 4.23. The van der Waals surface area contributed by atoms with Gasteiger partial charge < -0.3 is 0 Å². The number of carbonyl (C=O) groups excluding carboxylic acids is 1. The van der Waals surface area contributed by atoms with Crippen LogP contribution in [0.1, 0.15) is 26.2 Å². The van der Waals surface area contributed by atoms with Crippen LogP contribution in [0, 0.1) is 0 Å². The fourth-order valence-electron chi connectivity index (χ4n) is 1.13. The highest BCUT2D eigenvalue weighted by Gasteiger charge is 2.20. The average Bonchev–Trinajstić information content (AvgIpc) is 2.05. The van der Waals surface area contributed by atoms with E-state index in [1.165, 1.54) is 0 Å². The summed E-state index contributed by atoms with van der Waals surface area (Å²) in [5.41, 5.74) is 0. The van der Waals surface area contributed by atoms with Crippen LogP contribution in [-0.4, -0.2) is 27.4 Å². The molecule has 0 unspecified atom stereocenters. The SMILES string of the molecule is CCCC(=O)N1CCCSC1=S. The highest BCUT2D eigenvalue weighted by Crippen LogP contribution is 2.18. The number of thioether (sulfide) groups is 1. The minimum atomic E-state index is 0.190. The quantitative estimate of drug-likeness (QED) is 0.641. The summed E-state index contributed by atoms with van der Waals surface area (Å²) >= 11 is 6.70. The molecule has 0 aliphatic carbocycles. The van der Waals surface area contributed by atoms with E-state index in [2.05, 4.69) is 0 Å². The zero-order valence-corrected chi connectivity index (χ0v) is 8.84. The van der Waals surface area contributed by atoms with Gasteiger partial charge in [0.1, 0.15) is 4.32 Å². The maximum atomic E-state index is 11.4. The maximum absolute atomic E-state index is 11.4. The van der Waals surface area contributed by atoms with E-state index in [0.29, 0.717) is 6.42 Å². The number of hydrogen-bond donors (Lipinski definition) is 0. The van der Waals surface area contributed by atoms with Crippen molar-refractivity contribution in [3.63, 3.8) is 0 Å². The van der Waals surface area contributed by atoms with E-state index in [9.17, 15) is 4.79 Å². The Labute approximate surface area is 82.7 Å². The highest BCUT2D eigenvalue weighted by atomic mass is 32.2. The molecule has 1 aliphatic heterocycles. The van der Waals surface area contributed by atoms with Crippen LogP contribution in [-0.2, 0) is 4.79 Å².